The average Bonchev–Trinajstić information content (AvgIpc) is 3.46. The van der Waals surface area contributed by atoms with Crippen LogP contribution in [0.3, 0.4) is 0 Å². The third-order valence-electron chi connectivity index (χ3n) is 5.82. The Morgan fingerprint density at radius 3 is 2.68 bits per heavy atom. The smallest absolute Gasteiger partial charge is 0.289 e. The van der Waals surface area contributed by atoms with Crippen molar-refractivity contribution in [2.45, 2.75) is 19.9 Å². The number of hydrogen-bond donors (Lipinski definition) is 0. The SMILES string of the molecule is COc1ccc2c(c1)c(C(=O)c1nnc(-c3ccccn3)o1)c(C)n2CCc1ccccc1Cl. The van der Waals surface area contributed by atoms with Crippen molar-refractivity contribution in [3.8, 4) is 17.3 Å². The quantitative estimate of drug-likeness (QED) is 0.289. The number of carbonyl (C=O) groups is 1. The lowest BCUT2D eigenvalue weighted by Crippen LogP contribution is -2.07. The molecule has 170 valence electrons. The van der Waals surface area contributed by atoms with Crippen molar-refractivity contribution in [2.75, 3.05) is 7.11 Å². The fourth-order valence-electron chi connectivity index (χ4n) is 4.11. The zero-order valence-electron chi connectivity index (χ0n) is 18.7. The van der Waals surface area contributed by atoms with Gasteiger partial charge in [0.05, 0.1) is 12.7 Å². The highest BCUT2D eigenvalue weighted by Crippen LogP contribution is 2.32. The second-order valence-corrected chi connectivity index (χ2v) is 8.20. The van der Waals surface area contributed by atoms with Crippen LogP contribution in [-0.2, 0) is 13.0 Å². The molecule has 2 aromatic carbocycles. The number of benzene rings is 2. The number of rotatable bonds is 7. The van der Waals surface area contributed by atoms with Gasteiger partial charge in [-0.25, -0.2) is 0 Å². The summed E-state index contributed by atoms with van der Waals surface area (Å²) in [5, 5.41) is 9.52. The van der Waals surface area contributed by atoms with E-state index < -0.39 is 0 Å². The molecule has 3 heterocycles. The number of methoxy groups -OCH3 is 1. The second-order valence-electron chi connectivity index (χ2n) is 7.79. The standard InChI is InChI=1S/C26H21ClN4O3/c1-16-23(24(32)26-30-29-25(34-26)21-9-5-6-13-28-21)19-15-18(33-2)10-11-22(19)31(16)14-12-17-7-3-4-8-20(17)27/h3-11,13,15H,12,14H2,1-2H3. The molecule has 7 nitrogen and oxygen atoms in total. The van der Waals surface area contributed by atoms with Crippen LogP contribution in [0, 0.1) is 6.92 Å². The summed E-state index contributed by atoms with van der Waals surface area (Å²) in [6.45, 7) is 2.57. The van der Waals surface area contributed by atoms with Crippen LogP contribution in [0.15, 0.2) is 71.3 Å². The van der Waals surface area contributed by atoms with Crippen LogP contribution in [0.1, 0.15) is 27.5 Å². The van der Waals surface area contributed by atoms with E-state index >= 15 is 0 Å². The Morgan fingerprint density at radius 1 is 1.09 bits per heavy atom. The maximum atomic E-state index is 13.6. The number of hydrogen-bond acceptors (Lipinski definition) is 6. The van der Waals surface area contributed by atoms with Gasteiger partial charge in [-0.1, -0.05) is 35.9 Å². The monoisotopic (exact) mass is 472 g/mol. The largest absolute Gasteiger partial charge is 0.497 e. The van der Waals surface area contributed by atoms with E-state index in [4.69, 9.17) is 20.8 Å². The summed E-state index contributed by atoms with van der Waals surface area (Å²) in [5.74, 6) is 0.421. The predicted octanol–water partition coefficient (Wildman–Crippen LogP) is 5.53. The van der Waals surface area contributed by atoms with Crippen molar-refractivity contribution in [2.24, 2.45) is 0 Å². The van der Waals surface area contributed by atoms with Gasteiger partial charge in [0, 0.05) is 34.4 Å². The average molecular weight is 473 g/mol. The van der Waals surface area contributed by atoms with E-state index in [1.54, 1.807) is 25.4 Å². The van der Waals surface area contributed by atoms with E-state index in [0.717, 1.165) is 27.2 Å². The summed E-state index contributed by atoms with van der Waals surface area (Å²) in [6, 6.07) is 18.8. The van der Waals surface area contributed by atoms with E-state index in [1.165, 1.54) is 0 Å². The number of nitrogens with zero attached hydrogens (tertiary/aromatic N) is 4. The Hall–Kier alpha value is -3.97. The molecule has 8 heteroatoms. The number of carbonyl (C=O) groups excluding carboxylic acids is 1. The molecule has 0 radical (unpaired) electrons. The summed E-state index contributed by atoms with van der Waals surface area (Å²) in [5.41, 5.74) is 3.78. The first-order valence-corrected chi connectivity index (χ1v) is 11.1. The van der Waals surface area contributed by atoms with Gasteiger partial charge in [-0.3, -0.25) is 9.78 Å². The highest BCUT2D eigenvalue weighted by Gasteiger charge is 2.26. The first kappa shape index (κ1) is 21.9. The van der Waals surface area contributed by atoms with E-state index in [-0.39, 0.29) is 17.6 Å². The Balaban J connectivity index is 1.56. The number of fused-ring (bicyclic) bond motifs is 1. The minimum atomic E-state index is -0.345. The Morgan fingerprint density at radius 2 is 1.91 bits per heavy atom. The van der Waals surface area contributed by atoms with Crippen molar-refractivity contribution in [3.05, 3.63) is 94.6 Å². The minimum Gasteiger partial charge on any atom is -0.497 e. The molecule has 5 aromatic rings. The van der Waals surface area contributed by atoms with Gasteiger partial charge >= 0.3 is 0 Å². The lowest BCUT2D eigenvalue weighted by atomic mass is 10.1. The number of halogens is 1. The Labute approximate surface area is 201 Å². The molecule has 0 aliphatic heterocycles. The van der Waals surface area contributed by atoms with Crippen LogP contribution in [0.25, 0.3) is 22.5 Å². The molecular formula is C26H21ClN4O3. The molecule has 0 unspecified atom stereocenters. The van der Waals surface area contributed by atoms with Gasteiger partial charge < -0.3 is 13.7 Å². The molecule has 0 spiro atoms. The van der Waals surface area contributed by atoms with Crippen LogP contribution >= 0.6 is 11.6 Å². The number of ketones is 1. The molecule has 0 saturated carbocycles. The summed E-state index contributed by atoms with van der Waals surface area (Å²) in [6.07, 6.45) is 2.35. The topological polar surface area (TPSA) is 83.0 Å². The number of pyridine rings is 1. The van der Waals surface area contributed by atoms with Crippen LogP contribution in [0.5, 0.6) is 5.75 Å². The third-order valence-corrected chi connectivity index (χ3v) is 6.19. The predicted molar refractivity (Wildman–Crippen MR) is 129 cm³/mol. The van der Waals surface area contributed by atoms with E-state index in [0.29, 0.717) is 30.0 Å². The Kier molecular flexibility index (Phi) is 5.86. The molecule has 0 aliphatic carbocycles. The van der Waals surface area contributed by atoms with E-state index in [9.17, 15) is 4.79 Å². The van der Waals surface area contributed by atoms with Gasteiger partial charge in [-0.15, -0.1) is 10.2 Å². The van der Waals surface area contributed by atoms with Crippen molar-refractivity contribution < 1.29 is 13.9 Å². The van der Waals surface area contributed by atoms with Crippen LogP contribution in [-0.4, -0.2) is 32.6 Å². The molecule has 0 atom stereocenters. The number of aromatic nitrogens is 4. The summed E-state index contributed by atoms with van der Waals surface area (Å²) >= 11 is 6.36. The van der Waals surface area contributed by atoms with Crippen molar-refractivity contribution in [1.29, 1.82) is 0 Å². The summed E-state index contributed by atoms with van der Waals surface area (Å²) in [7, 11) is 1.60. The summed E-state index contributed by atoms with van der Waals surface area (Å²) < 4.78 is 13.2. The summed E-state index contributed by atoms with van der Waals surface area (Å²) in [4.78, 5) is 17.8. The molecule has 34 heavy (non-hydrogen) atoms. The maximum Gasteiger partial charge on any atom is 0.289 e. The number of aryl methyl sites for hydroxylation is 2. The second kappa shape index (κ2) is 9.11. The van der Waals surface area contributed by atoms with Gasteiger partial charge in [-0.2, -0.15) is 0 Å². The van der Waals surface area contributed by atoms with E-state index in [1.807, 2.05) is 55.5 Å². The molecule has 0 bridgehead atoms. The molecule has 0 saturated heterocycles. The van der Waals surface area contributed by atoms with Gasteiger partial charge in [0.15, 0.2) is 0 Å². The van der Waals surface area contributed by atoms with E-state index in [2.05, 4.69) is 19.7 Å². The molecule has 0 aliphatic rings. The lowest BCUT2D eigenvalue weighted by molar-refractivity contribution is 0.100. The molecular weight excluding hydrogens is 452 g/mol. The molecule has 0 amide bonds. The zero-order chi connectivity index (χ0) is 23.7. The van der Waals surface area contributed by atoms with Crippen molar-refractivity contribution in [1.82, 2.24) is 19.7 Å². The van der Waals surface area contributed by atoms with Crippen LogP contribution < -0.4 is 4.74 Å². The van der Waals surface area contributed by atoms with Crippen LogP contribution in [0.2, 0.25) is 5.02 Å². The van der Waals surface area contributed by atoms with Gasteiger partial charge in [0.2, 0.25) is 0 Å². The normalized spacial score (nSPS) is 11.1. The minimum absolute atomic E-state index is 0.0864. The zero-order valence-corrected chi connectivity index (χ0v) is 19.4. The highest BCUT2D eigenvalue weighted by atomic mass is 35.5. The Bertz CT molecular complexity index is 1490. The molecule has 0 fully saturated rings. The highest BCUT2D eigenvalue weighted by molar-refractivity contribution is 6.31. The van der Waals surface area contributed by atoms with Gasteiger partial charge in [-0.05, 0) is 55.3 Å². The van der Waals surface area contributed by atoms with Gasteiger partial charge in [0.1, 0.15) is 11.4 Å². The van der Waals surface area contributed by atoms with Crippen LogP contribution in [0.4, 0.5) is 0 Å². The number of ether oxygens (including phenoxy) is 1. The molecule has 3 aromatic heterocycles. The molecule has 5 rings (SSSR count). The van der Waals surface area contributed by atoms with Crippen molar-refractivity contribution in [3.63, 3.8) is 0 Å². The van der Waals surface area contributed by atoms with Crippen molar-refractivity contribution >= 4 is 28.3 Å². The molecule has 0 N–H and O–H groups in total. The lowest BCUT2D eigenvalue weighted by Gasteiger charge is -2.10. The third kappa shape index (κ3) is 3.95. The first-order chi connectivity index (χ1) is 16.6. The first-order valence-electron chi connectivity index (χ1n) is 10.8. The fraction of sp³-hybridized carbons (Fsp3) is 0.154. The maximum absolute atomic E-state index is 13.6. The van der Waals surface area contributed by atoms with Gasteiger partial charge in [0.25, 0.3) is 17.6 Å². The fourth-order valence-corrected chi connectivity index (χ4v) is 4.34.